The van der Waals surface area contributed by atoms with Gasteiger partial charge in [-0.2, -0.15) is 5.26 Å². The highest BCUT2D eigenvalue weighted by Gasteiger charge is 2.23. The summed E-state index contributed by atoms with van der Waals surface area (Å²) in [5.74, 6) is 0. The molecule has 0 bridgehead atoms. The van der Waals surface area contributed by atoms with E-state index in [9.17, 15) is 0 Å². The Bertz CT molecular complexity index is 378. The molecule has 0 radical (unpaired) electrons. The van der Waals surface area contributed by atoms with Gasteiger partial charge in [-0.3, -0.25) is 4.90 Å². The van der Waals surface area contributed by atoms with E-state index in [4.69, 9.17) is 5.26 Å². The van der Waals surface area contributed by atoms with Gasteiger partial charge in [0, 0.05) is 6.54 Å². The minimum atomic E-state index is 0.130. The molecule has 1 unspecified atom stereocenters. The Kier molecular flexibility index (Phi) is 3.03. The lowest BCUT2D eigenvalue weighted by molar-refractivity contribution is 0.286. The van der Waals surface area contributed by atoms with E-state index in [1.54, 1.807) is 0 Å². The standard InChI is InChI=1S/C13H16N2/c1-11-4-2-5-12(8-11)10-15-7-3-6-13(15)9-14/h2,4-5,8,13H,3,6-7,10H2,1H3. The maximum absolute atomic E-state index is 8.98. The van der Waals surface area contributed by atoms with E-state index in [-0.39, 0.29) is 6.04 Å². The van der Waals surface area contributed by atoms with Crippen molar-refractivity contribution >= 4 is 0 Å². The number of hydrogen-bond donors (Lipinski definition) is 0. The second-order valence-corrected chi connectivity index (χ2v) is 4.25. The van der Waals surface area contributed by atoms with Gasteiger partial charge in [0.2, 0.25) is 0 Å². The number of hydrogen-bond acceptors (Lipinski definition) is 2. The summed E-state index contributed by atoms with van der Waals surface area (Å²) in [7, 11) is 0. The Hall–Kier alpha value is -1.33. The molecule has 78 valence electrons. The topological polar surface area (TPSA) is 27.0 Å². The zero-order valence-electron chi connectivity index (χ0n) is 9.11. The summed E-state index contributed by atoms with van der Waals surface area (Å²) in [6, 6.07) is 11.0. The van der Waals surface area contributed by atoms with Crippen molar-refractivity contribution < 1.29 is 0 Å². The van der Waals surface area contributed by atoms with Crippen molar-refractivity contribution in [1.29, 1.82) is 5.26 Å². The molecule has 0 spiro atoms. The normalized spacial score (nSPS) is 21.5. The molecule has 0 amide bonds. The van der Waals surface area contributed by atoms with Crippen molar-refractivity contribution in [2.45, 2.75) is 32.4 Å². The molecule has 1 heterocycles. The highest BCUT2D eigenvalue weighted by Crippen LogP contribution is 2.19. The van der Waals surface area contributed by atoms with Crippen LogP contribution in [0.15, 0.2) is 24.3 Å². The van der Waals surface area contributed by atoms with E-state index < -0.39 is 0 Å². The van der Waals surface area contributed by atoms with Gasteiger partial charge in [0.15, 0.2) is 0 Å². The molecule has 2 rings (SSSR count). The first-order chi connectivity index (χ1) is 7.29. The Labute approximate surface area is 91.1 Å². The molecular formula is C13H16N2. The molecule has 2 nitrogen and oxygen atoms in total. The number of likely N-dealkylation sites (tertiary alicyclic amines) is 1. The summed E-state index contributed by atoms with van der Waals surface area (Å²) in [6.07, 6.45) is 2.19. The van der Waals surface area contributed by atoms with Crippen LogP contribution in [0.4, 0.5) is 0 Å². The predicted molar refractivity (Wildman–Crippen MR) is 60.2 cm³/mol. The molecule has 0 aromatic heterocycles. The van der Waals surface area contributed by atoms with Crippen LogP contribution in [0.3, 0.4) is 0 Å². The maximum atomic E-state index is 8.98. The zero-order valence-corrected chi connectivity index (χ0v) is 9.11. The number of rotatable bonds is 2. The number of aryl methyl sites for hydroxylation is 1. The van der Waals surface area contributed by atoms with Gasteiger partial charge in [-0.25, -0.2) is 0 Å². The largest absolute Gasteiger partial charge is 0.284 e. The van der Waals surface area contributed by atoms with Crippen LogP contribution in [0.1, 0.15) is 24.0 Å². The maximum Gasteiger partial charge on any atom is 0.0981 e. The number of nitriles is 1. The number of benzene rings is 1. The van der Waals surface area contributed by atoms with Gasteiger partial charge >= 0.3 is 0 Å². The fraction of sp³-hybridized carbons (Fsp3) is 0.462. The van der Waals surface area contributed by atoms with Crippen LogP contribution in [0, 0.1) is 18.3 Å². The van der Waals surface area contributed by atoms with E-state index in [1.807, 2.05) is 0 Å². The van der Waals surface area contributed by atoms with E-state index in [2.05, 4.69) is 42.2 Å². The second-order valence-electron chi connectivity index (χ2n) is 4.25. The quantitative estimate of drug-likeness (QED) is 0.733. The van der Waals surface area contributed by atoms with Crippen molar-refractivity contribution in [2.75, 3.05) is 6.54 Å². The van der Waals surface area contributed by atoms with Gasteiger partial charge in [-0.1, -0.05) is 29.8 Å². The molecule has 1 fully saturated rings. The summed E-state index contributed by atoms with van der Waals surface area (Å²) < 4.78 is 0. The minimum Gasteiger partial charge on any atom is -0.284 e. The molecule has 1 aliphatic heterocycles. The monoisotopic (exact) mass is 200 g/mol. The lowest BCUT2D eigenvalue weighted by Crippen LogP contribution is -2.27. The van der Waals surface area contributed by atoms with E-state index >= 15 is 0 Å². The van der Waals surface area contributed by atoms with Crippen LogP contribution in [-0.2, 0) is 6.54 Å². The van der Waals surface area contributed by atoms with Gasteiger partial charge < -0.3 is 0 Å². The van der Waals surface area contributed by atoms with Crippen LogP contribution >= 0.6 is 0 Å². The van der Waals surface area contributed by atoms with E-state index in [0.29, 0.717) is 0 Å². The van der Waals surface area contributed by atoms with Crippen LogP contribution in [-0.4, -0.2) is 17.5 Å². The van der Waals surface area contributed by atoms with Gasteiger partial charge in [0.05, 0.1) is 12.1 Å². The third-order valence-electron chi connectivity index (χ3n) is 2.98. The molecule has 1 aromatic rings. The SMILES string of the molecule is Cc1cccc(CN2CCCC2C#N)c1. The van der Waals surface area contributed by atoms with Crippen LogP contribution < -0.4 is 0 Å². The summed E-state index contributed by atoms with van der Waals surface area (Å²) in [6.45, 7) is 4.08. The molecule has 0 N–H and O–H groups in total. The van der Waals surface area contributed by atoms with Crippen LogP contribution in [0.25, 0.3) is 0 Å². The van der Waals surface area contributed by atoms with Crippen molar-refractivity contribution in [3.05, 3.63) is 35.4 Å². The Morgan fingerprint density at radius 2 is 2.40 bits per heavy atom. The smallest absolute Gasteiger partial charge is 0.0981 e. The lowest BCUT2D eigenvalue weighted by Gasteiger charge is -2.18. The summed E-state index contributed by atoms with van der Waals surface area (Å²) in [5, 5.41) is 8.98. The molecule has 1 aliphatic rings. The molecule has 2 heteroatoms. The van der Waals surface area contributed by atoms with E-state index in [1.165, 1.54) is 11.1 Å². The Balaban J connectivity index is 2.06. The predicted octanol–water partition coefficient (Wildman–Crippen LogP) is 2.48. The van der Waals surface area contributed by atoms with Crippen molar-refractivity contribution in [3.8, 4) is 6.07 Å². The van der Waals surface area contributed by atoms with E-state index in [0.717, 1.165) is 25.9 Å². The van der Waals surface area contributed by atoms with Crippen molar-refractivity contribution in [3.63, 3.8) is 0 Å². The third-order valence-corrected chi connectivity index (χ3v) is 2.98. The number of nitrogens with zero attached hydrogens (tertiary/aromatic N) is 2. The molecular weight excluding hydrogens is 184 g/mol. The Morgan fingerprint density at radius 1 is 1.53 bits per heavy atom. The average Bonchev–Trinajstić information content (AvgIpc) is 2.65. The van der Waals surface area contributed by atoms with Gasteiger partial charge in [0.1, 0.15) is 0 Å². The fourth-order valence-electron chi connectivity index (χ4n) is 2.21. The average molecular weight is 200 g/mol. The van der Waals surface area contributed by atoms with Crippen molar-refractivity contribution in [2.24, 2.45) is 0 Å². The first-order valence-electron chi connectivity index (χ1n) is 5.49. The third kappa shape index (κ3) is 2.37. The Morgan fingerprint density at radius 3 is 3.13 bits per heavy atom. The lowest BCUT2D eigenvalue weighted by atomic mass is 10.1. The molecule has 15 heavy (non-hydrogen) atoms. The van der Waals surface area contributed by atoms with Gasteiger partial charge in [-0.15, -0.1) is 0 Å². The first kappa shape index (κ1) is 10.2. The minimum absolute atomic E-state index is 0.130. The molecule has 1 aromatic carbocycles. The highest BCUT2D eigenvalue weighted by atomic mass is 15.2. The summed E-state index contributed by atoms with van der Waals surface area (Å²) in [4.78, 5) is 2.27. The second kappa shape index (κ2) is 4.46. The van der Waals surface area contributed by atoms with Crippen LogP contribution in [0.2, 0.25) is 0 Å². The zero-order chi connectivity index (χ0) is 10.7. The summed E-state index contributed by atoms with van der Waals surface area (Å²) >= 11 is 0. The first-order valence-corrected chi connectivity index (χ1v) is 5.49. The molecule has 0 aliphatic carbocycles. The van der Waals surface area contributed by atoms with Crippen LogP contribution in [0.5, 0.6) is 0 Å². The van der Waals surface area contributed by atoms with Crippen molar-refractivity contribution in [1.82, 2.24) is 4.90 Å². The summed E-state index contributed by atoms with van der Waals surface area (Å²) in [5.41, 5.74) is 2.61. The molecule has 1 atom stereocenters. The fourth-order valence-corrected chi connectivity index (χ4v) is 2.21. The van der Waals surface area contributed by atoms with Gasteiger partial charge in [0.25, 0.3) is 0 Å². The van der Waals surface area contributed by atoms with Gasteiger partial charge in [-0.05, 0) is 31.9 Å². The molecule has 1 saturated heterocycles. The highest BCUT2D eigenvalue weighted by molar-refractivity contribution is 5.22. The molecule has 0 saturated carbocycles.